The van der Waals surface area contributed by atoms with Crippen LogP contribution in [0, 0.1) is 19.8 Å². The zero-order chi connectivity index (χ0) is 12.3. The summed E-state index contributed by atoms with van der Waals surface area (Å²) >= 11 is 0. The normalized spacial score (nSPS) is 19.5. The van der Waals surface area contributed by atoms with E-state index in [-0.39, 0.29) is 0 Å². The number of rotatable bonds is 4. The molecule has 0 saturated carbocycles. The van der Waals surface area contributed by atoms with Gasteiger partial charge in [0.05, 0.1) is 0 Å². The van der Waals surface area contributed by atoms with Crippen molar-refractivity contribution >= 4 is 5.78 Å². The highest BCUT2D eigenvalue weighted by Gasteiger charge is 2.17. The molecule has 1 atom stereocenters. The summed E-state index contributed by atoms with van der Waals surface area (Å²) in [7, 11) is 0. The molecule has 2 rings (SSSR count). The molecule has 1 aromatic rings. The van der Waals surface area contributed by atoms with Crippen molar-refractivity contribution in [1.82, 2.24) is 5.32 Å². The molecule has 17 heavy (non-hydrogen) atoms. The van der Waals surface area contributed by atoms with E-state index in [1.54, 1.807) is 0 Å². The molecule has 1 aromatic carbocycles. The van der Waals surface area contributed by atoms with Gasteiger partial charge < -0.3 is 5.32 Å². The summed E-state index contributed by atoms with van der Waals surface area (Å²) in [6.07, 6.45) is 2.94. The molecule has 0 aromatic heterocycles. The van der Waals surface area contributed by atoms with Gasteiger partial charge in [0.1, 0.15) is 0 Å². The Morgan fingerprint density at radius 3 is 2.94 bits per heavy atom. The summed E-state index contributed by atoms with van der Waals surface area (Å²) < 4.78 is 0. The highest BCUT2D eigenvalue weighted by Crippen LogP contribution is 2.19. The van der Waals surface area contributed by atoms with Gasteiger partial charge >= 0.3 is 0 Å². The molecule has 1 fully saturated rings. The minimum absolute atomic E-state index is 0.304. The standard InChI is InChI=1S/C15H21NO/c1-11-4-3-5-14(12(11)2)15(17)7-6-13-8-9-16-10-13/h3-5,13,16H,6-10H2,1-2H3. The molecule has 0 radical (unpaired) electrons. The molecule has 1 heterocycles. The number of nitrogens with one attached hydrogen (secondary N) is 1. The minimum Gasteiger partial charge on any atom is -0.316 e. The average molecular weight is 231 g/mol. The van der Waals surface area contributed by atoms with Gasteiger partial charge in [-0.2, -0.15) is 0 Å². The molecule has 0 bridgehead atoms. The van der Waals surface area contributed by atoms with Gasteiger partial charge in [0, 0.05) is 12.0 Å². The Balaban J connectivity index is 1.97. The van der Waals surface area contributed by atoms with Crippen molar-refractivity contribution in [2.75, 3.05) is 13.1 Å². The van der Waals surface area contributed by atoms with E-state index in [0.717, 1.165) is 30.6 Å². The van der Waals surface area contributed by atoms with E-state index in [1.165, 1.54) is 12.0 Å². The van der Waals surface area contributed by atoms with Crippen molar-refractivity contribution in [1.29, 1.82) is 0 Å². The van der Waals surface area contributed by atoms with Crippen molar-refractivity contribution in [2.45, 2.75) is 33.1 Å². The van der Waals surface area contributed by atoms with Crippen LogP contribution in [0.5, 0.6) is 0 Å². The van der Waals surface area contributed by atoms with Gasteiger partial charge in [-0.05, 0) is 56.8 Å². The van der Waals surface area contributed by atoms with Crippen molar-refractivity contribution in [3.05, 3.63) is 34.9 Å². The van der Waals surface area contributed by atoms with Crippen molar-refractivity contribution < 1.29 is 4.79 Å². The summed E-state index contributed by atoms with van der Waals surface area (Å²) in [6, 6.07) is 6.00. The molecule has 2 nitrogen and oxygen atoms in total. The zero-order valence-corrected chi connectivity index (χ0v) is 10.8. The van der Waals surface area contributed by atoms with E-state index < -0.39 is 0 Å². The summed E-state index contributed by atoms with van der Waals surface area (Å²) in [5.74, 6) is 1.00. The fourth-order valence-electron chi connectivity index (χ4n) is 2.48. The number of aryl methyl sites for hydroxylation is 1. The molecular formula is C15H21NO. The quantitative estimate of drug-likeness (QED) is 0.807. The number of hydrogen-bond donors (Lipinski definition) is 1. The minimum atomic E-state index is 0.304. The monoisotopic (exact) mass is 231 g/mol. The summed E-state index contributed by atoms with van der Waals surface area (Å²) in [4.78, 5) is 12.2. The molecule has 1 saturated heterocycles. The Morgan fingerprint density at radius 1 is 1.41 bits per heavy atom. The molecule has 0 aliphatic carbocycles. The first-order valence-corrected chi connectivity index (χ1v) is 6.48. The van der Waals surface area contributed by atoms with Gasteiger partial charge in [0.25, 0.3) is 0 Å². The number of hydrogen-bond acceptors (Lipinski definition) is 2. The number of benzene rings is 1. The molecule has 1 aliphatic heterocycles. The smallest absolute Gasteiger partial charge is 0.163 e. The van der Waals surface area contributed by atoms with Gasteiger partial charge in [0.2, 0.25) is 0 Å². The van der Waals surface area contributed by atoms with Crippen molar-refractivity contribution in [3.63, 3.8) is 0 Å². The van der Waals surface area contributed by atoms with E-state index in [2.05, 4.69) is 18.3 Å². The first-order valence-electron chi connectivity index (χ1n) is 6.48. The second-order valence-corrected chi connectivity index (χ2v) is 5.07. The van der Waals surface area contributed by atoms with Crippen LogP contribution >= 0.6 is 0 Å². The van der Waals surface area contributed by atoms with E-state index in [1.807, 2.05) is 19.1 Å². The van der Waals surface area contributed by atoms with Gasteiger partial charge in [-0.25, -0.2) is 0 Å². The molecule has 1 N–H and O–H groups in total. The summed E-state index contributed by atoms with van der Waals surface area (Å²) in [6.45, 7) is 6.30. The summed E-state index contributed by atoms with van der Waals surface area (Å²) in [5.41, 5.74) is 3.26. The lowest BCUT2D eigenvalue weighted by Crippen LogP contribution is -2.11. The number of Topliss-reactive ketones (excluding diaryl/α,β-unsaturated/α-hetero) is 1. The Hall–Kier alpha value is -1.15. The highest BCUT2D eigenvalue weighted by atomic mass is 16.1. The predicted molar refractivity (Wildman–Crippen MR) is 70.5 cm³/mol. The maximum absolute atomic E-state index is 12.2. The highest BCUT2D eigenvalue weighted by molar-refractivity contribution is 5.97. The third-order valence-corrected chi connectivity index (χ3v) is 3.85. The number of carbonyl (C=O) groups excluding carboxylic acids is 1. The fraction of sp³-hybridized carbons (Fsp3) is 0.533. The Bertz CT molecular complexity index is 405. The maximum Gasteiger partial charge on any atom is 0.163 e. The average Bonchev–Trinajstić information content (AvgIpc) is 2.82. The van der Waals surface area contributed by atoms with E-state index >= 15 is 0 Å². The van der Waals surface area contributed by atoms with Crippen LogP contribution in [0.1, 0.15) is 40.7 Å². The lowest BCUT2D eigenvalue weighted by atomic mass is 9.94. The molecule has 2 heteroatoms. The van der Waals surface area contributed by atoms with Gasteiger partial charge in [-0.1, -0.05) is 18.2 Å². The molecule has 1 unspecified atom stereocenters. The molecule has 92 valence electrons. The third kappa shape index (κ3) is 2.95. The first-order chi connectivity index (χ1) is 8.18. The Kier molecular flexibility index (Phi) is 3.95. The Labute approximate surface area is 103 Å². The molecular weight excluding hydrogens is 210 g/mol. The number of carbonyl (C=O) groups is 1. The fourth-order valence-corrected chi connectivity index (χ4v) is 2.48. The SMILES string of the molecule is Cc1cccc(C(=O)CCC2CCNC2)c1C. The lowest BCUT2D eigenvalue weighted by Gasteiger charge is -2.10. The second kappa shape index (κ2) is 5.46. The largest absolute Gasteiger partial charge is 0.316 e. The van der Waals surface area contributed by atoms with Crippen LogP contribution in [0.4, 0.5) is 0 Å². The topological polar surface area (TPSA) is 29.1 Å². The van der Waals surface area contributed by atoms with Crippen LogP contribution in [0.3, 0.4) is 0 Å². The van der Waals surface area contributed by atoms with Crippen molar-refractivity contribution in [2.24, 2.45) is 5.92 Å². The molecule has 0 amide bonds. The molecule has 1 aliphatic rings. The zero-order valence-electron chi connectivity index (χ0n) is 10.8. The van der Waals surface area contributed by atoms with Gasteiger partial charge in [0.15, 0.2) is 5.78 Å². The summed E-state index contributed by atoms with van der Waals surface area (Å²) in [5, 5.41) is 3.35. The van der Waals surface area contributed by atoms with Crippen LogP contribution in [0.25, 0.3) is 0 Å². The van der Waals surface area contributed by atoms with E-state index in [4.69, 9.17) is 0 Å². The second-order valence-electron chi connectivity index (χ2n) is 5.07. The van der Waals surface area contributed by atoms with E-state index in [9.17, 15) is 4.79 Å². The Morgan fingerprint density at radius 2 is 2.24 bits per heavy atom. The van der Waals surface area contributed by atoms with Crippen LogP contribution < -0.4 is 5.32 Å². The first kappa shape index (κ1) is 12.3. The van der Waals surface area contributed by atoms with Crippen LogP contribution in [-0.2, 0) is 0 Å². The lowest BCUT2D eigenvalue weighted by molar-refractivity contribution is 0.0974. The molecule has 0 spiro atoms. The predicted octanol–water partition coefficient (Wildman–Crippen LogP) is 2.88. The van der Waals surface area contributed by atoms with Crippen molar-refractivity contribution in [3.8, 4) is 0 Å². The number of ketones is 1. The third-order valence-electron chi connectivity index (χ3n) is 3.85. The van der Waals surface area contributed by atoms with Gasteiger partial charge in [-0.15, -0.1) is 0 Å². The maximum atomic E-state index is 12.2. The van der Waals surface area contributed by atoms with Crippen LogP contribution in [0.2, 0.25) is 0 Å². The van der Waals surface area contributed by atoms with Gasteiger partial charge in [-0.3, -0.25) is 4.79 Å². The van der Waals surface area contributed by atoms with Crippen LogP contribution in [0.15, 0.2) is 18.2 Å². The van der Waals surface area contributed by atoms with Crippen LogP contribution in [-0.4, -0.2) is 18.9 Å². The van der Waals surface area contributed by atoms with E-state index in [0.29, 0.717) is 18.1 Å².